The number of carbonyl (C=O) groups excluding carboxylic acids is 2. The smallest absolute Gasteiger partial charge is 0.226 e. The number of likely N-dealkylation sites (tertiary alicyclic amines) is 1. The molecule has 1 aliphatic rings. The van der Waals surface area contributed by atoms with Gasteiger partial charge in [0, 0.05) is 54.8 Å². The molecule has 1 aromatic carbocycles. The Bertz CT molecular complexity index is 779. The van der Waals surface area contributed by atoms with Gasteiger partial charge < -0.3 is 14.8 Å². The molecule has 0 spiro atoms. The molecule has 0 aliphatic carbocycles. The van der Waals surface area contributed by atoms with E-state index in [1.54, 1.807) is 0 Å². The molecule has 1 saturated heterocycles. The lowest BCUT2D eigenvalue weighted by Crippen LogP contribution is -2.33. The highest BCUT2D eigenvalue weighted by atomic mass is 16.2. The van der Waals surface area contributed by atoms with E-state index in [1.165, 1.54) is 11.2 Å². The second-order valence-electron chi connectivity index (χ2n) is 6.79. The van der Waals surface area contributed by atoms with E-state index in [0.717, 1.165) is 43.4 Å². The first kappa shape index (κ1) is 17.5. The van der Waals surface area contributed by atoms with Crippen LogP contribution in [0.1, 0.15) is 44.7 Å². The number of carbonyl (C=O) groups is 2. The van der Waals surface area contributed by atoms with Crippen LogP contribution < -0.4 is 5.32 Å². The van der Waals surface area contributed by atoms with E-state index in [-0.39, 0.29) is 11.8 Å². The molecule has 134 valence electrons. The lowest BCUT2D eigenvalue weighted by molar-refractivity contribution is -0.131. The molecule has 0 unspecified atom stereocenters. The van der Waals surface area contributed by atoms with Crippen LogP contribution in [-0.2, 0) is 16.1 Å². The fourth-order valence-electron chi connectivity index (χ4n) is 3.64. The molecule has 5 heteroatoms. The predicted octanol–water partition coefficient (Wildman–Crippen LogP) is 3.70. The van der Waals surface area contributed by atoms with E-state index in [9.17, 15) is 9.59 Å². The first-order chi connectivity index (χ1) is 12.1. The van der Waals surface area contributed by atoms with Crippen LogP contribution in [0.15, 0.2) is 24.3 Å². The molecule has 5 nitrogen and oxygen atoms in total. The predicted molar refractivity (Wildman–Crippen MR) is 101 cm³/mol. The van der Waals surface area contributed by atoms with E-state index in [0.29, 0.717) is 19.4 Å². The molecule has 0 atom stereocenters. The Kier molecular flexibility index (Phi) is 5.41. The van der Waals surface area contributed by atoms with Gasteiger partial charge in [-0.1, -0.05) is 6.42 Å². The van der Waals surface area contributed by atoms with Gasteiger partial charge in [0.05, 0.1) is 0 Å². The van der Waals surface area contributed by atoms with Crippen molar-refractivity contribution in [3.8, 4) is 0 Å². The van der Waals surface area contributed by atoms with Gasteiger partial charge >= 0.3 is 0 Å². The number of rotatable bonds is 5. The third-order valence-electron chi connectivity index (χ3n) is 4.99. The van der Waals surface area contributed by atoms with Crippen molar-refractivity contribution in [1.29, 1.82) is 0 Å². The average molecular weight is 341 g/mol. The summed E-state index contributed by atoms with van der Waals surface area (Å²) in [7, 11) is 0. The van der Waals surface area contributed by atoms with Crippen molar-refractivity contribution >= 4 is 28.4 Å². The minimum Gasteiger partial charge on any atom is -0.345 e. The van der Waals surface area contributed by atoms with Gasteiger partial charge in [-0.15, -0.1) is 0 Å². The van der Waals surface area contributed by atoms with E-state index < -0.39 is 0 Å². The van der Waals surface area contributed by atoms with Gasteiger partial charge in [-0.25, -0.2) is 0 Å². The van der Waals surface area contributed by atoms with Crippen LogP contribution in [0.3, 0.4) is 0 Å². The van der Waals surface area contributed by atoms with Gasteiger partial charge in [0.15, 0.2) is 0 Å². The number of nitrogens with zero attached hydrogens (tertiary/aromatic N) is 2. The zero-order valence-corrected chi connectivity index (χ0v) is 15.2. The Hall–Kier alpha value is -2.30. The number of aromatic nitrogens is 1. The summed E-state index contributed by atoms with van der Waals surface area (Å²) in [6, 6.07) is 8.16. The first-order valence-electron chi connectivity index (χ1n) is 9.26. The van der Waals surface area contributed by atoms with Crippen molar-refractivity contribution in [2.45, 2.75) is 52.5 Å². The molecular weight excluding hydrogens is 314 g/mol. The van der Waals surface area contributed by atoms with Crippen LogP contribution in [0, 0.1) is 6.92 Å². The Balaban J connectivity index is 1.60. The maximum absolute atomic E-state index is 12.3. The number of amides is 2. The fourth-order valence-corrected chi connectivity index (χ4v) is 3.64. The third kappa shape index (κ3) is 4.03. The van der Waals surface area contributed by atoms with Crippen LogP contribution in [0.25, 0.3) is 10.9 Å². The molecule has 0 saturated carbocycles. The molecule has 0 bridgehead atoms. The number of fused-ring (bicyclic) bond motifs is 1. The van der Waals surface area contributed by atoms with Gasteiger partial charge in [0.25, 0.3) is 0 Å². The van der Waals surface area contributed by atoms with Crippen molar-refractivity contribution in [3.63, 3.8) is 0 Å². The summed E-state index contributed by atoms with van der Waals surface area (Å²) in [6.45, 7) is 6.46. The van der Waals surface area contributed by atoms with Crippen LogP contribution in [0.5, 0.6) is 0 Å². The van der Waals surface area contributed by atoms with Gasteiger partial charge in [-0.05, 0) is 51.0 Å². The van der Waals surface area contributed by atoms with Gasteiger partial charge in [-0.2, -0.15) is 0 Å². The molecule has 2 amide bonds. The minimum atomic E-state index is -0.0388. The molecule has 1 aromatic heterocycles. The summed E-state index contributed by atoms with van der Waals surface area (Å²) < 4.78 is 2.26. The van der Waals surface area contributed by atoms with Crippen LogP contribution in [0.4, 0.5) is 5.69 Å². The summed E-state index contributed by atoms with van der Waals surface area (Å²) in [5.74, 6) is 0.145. The maximum Gasteiger partial charge on any atom is 0.226 e. The van der Waals surface area contributed by atoms with Crippen molar-refractivity contribution in [2.24, 2.45) is 0 Å². The van der Waals surface area contributed by atoms with Crippen molar-refractivity contribution in [2.75, 3.05) is 18.4 Å². The van der Waals surface area contributed by atoms with Crippen molar-refractivity contribution in [3.05, 3.63) is 30.0 Å². The Morgan fingerprint density at radius 1 is 1.20 bits per heavy atom. The fraction of sp³-hybridized carbons (Fsp3) is 0.500. The number of aryl methyl sites for hydroxylation is 2. The summed E-state index contributed by atoms with van der Waals surface area (Å²) in [5, 5.41) is 4.10. The topological polar surface area (TPSA) is 54.3 Å². The highest BCUT2D eigenvalue weighted by Crippen LogP contribution is 2.23. The maximum atomic E-state index is 12.3. The Morgan fingerprint density at radius 3 is 2.84 bits per heavy atom. The standard InChI is InChI=1S/C20H27N3O2/c1-3-23-15(2)13-16-14-17(8-9-18(16)23)21-19(24)10-12-22-11-6-4-5-7-20(22)25/h8-9,13-14H,3-7,10-12H2,1-2H3,(H,21,24). The Morgan fingerprint density at radius 2 is 2.04 bits per heavy atom. The molecule has 1 aliphatic heterocycles. The number of nitrogens with one attached hydrogen (secondary N) is 1. The SMILES string of the molecule is CCn1c(C)cc2cc(NC(=O)CCN3CCCCCC3=O)ccc21. The average Bonchev–Trinajstić information content (AvgIpc) is 2.75. The summed E-state index contributed by atoms with van der Waals surface area (Å²) in [5.41, 5.74) is 3.22. The molecule has 1 fully saturated rings. The van der Waals surface area contributed by atoms with Crippen LogP contribution >= 0.6 is 0 Å². The van der Waals surface area contributed by atoms with Gasteiger partial charge in [0.2, 0.25) is 11.8 Å². The summed E-state index contributed by atoms with van der Waals surface area (Å²) in [4.78, 5) is 26.1. The molecule has 1 N–H and O–H groups in total. The highest BCUT2D eigenvalue weighted by Gasteiger charge is 2.17. The normalized spacial score (nSPS) is 15.4. The van der Waals surface area contributed by atoms with Gasteiger partial charge in [0.1, 0.15) is 0 Å². The molecule has 3 rings (SSSR count). The van der Waals surface area contributed by atoms with E-state index in [4.69, 9.17) is 0 Å². The highest BCUT2D eigenvalue weighted by molar-refractivity contribution is 5.94. The quantitative estimate of drug-likeness (QED) is 0.901. The molecular formula is C20H27N3O2. The number of hydrogen-bond acceptors (Lipinski definition) is 2. The monoisotopic (exact) mass is 341 g/mol. The van der Waals surface area contributed by atoms with E-state index in [2.05, 4.69) is 35.9 Å². The van der Waals surface area contributed by atoms with E-state index in [1.807, 2.05) is 17.0 Å². The molecule has 25 heavy (non-hydrogen) atoms. The number of benzene rings is 1. The zero-order valence-electron chi connectivity index (χ0n) is 15.2. The molecule has 0 radical (unpaired) electrons. The summed E-state index contributed by atoms with van der Waals surface area (Å²) >= 11 is 0. The summed E-state index contributed by atoms with van der Waals surface area (Å²) in [6.07, 6.45) is 4.08. The number of anilines is 1. The molecule has 2 aromatic rings. The third-order valence-corrected chi connectivity index (χ3v) is 4.99. The Labute approximate surface area is 149 Å². The second-order valence-corrected chi connectivity index (χ2v) is 6.79. The number of hydrogen-bond donors (Lipinski definition) is 1. The van der Waals surface area contributed by atoms with E-state index >= 15 is 0 Å². The van der Waals surface area contributed by atoms with Crippen LogP contribution in [0.2, 0.25) is 0 Å². The van der Waals surface area contributed by atoms with Crippen molar-refractivity contribution < 1.29 is 9.59 Å². The molecule has 2 heterocycles. The lowest BCUT2D eigenvalue weighted by atomic mass is 10.2. The zero-order chi connectivity index (χ0) is 17.8. The van der Waals surface area contributed by atoms with Gasteiger partial charge in [-0.3, -0.25) is 9.59 Å². The van der Waals surface area contributed by atoms with Crippen molar-refractivity contribution in [1.82, 2.24) is 9.47 Å². The van der Waals surface area contributed by atoms with Crippen LogP contribution in [-0.4, -0.2) is 34.4 Å². The minimum absolute atomic E-state index is 0.0388. The largest absolute Gasteiger partial charge is 0.345 e. The second kappa shape index (κ2) is 7.72. The first-order valence-corrected chi connectivity index (χ1v) is 9.26. The lowest BCUT2D eigenvalue weighted by Gasteiger charge is -2.20.